The van der Waals surface area contributed by atoms with Crippen molar-refractivity contribution in [2.75, 3.05) is 20.2 Å². The normalized spacial score (nSPS) is 14.6. The molecule has 1 aliphatic heterocycles. The number of ether oxygens (including phenoxy) is 1. The van der Waals surface area contributed by atoms with Crippen molar-refractivity contribution < 1.29 is 19.1 Å². The first-order chi connectivity index (χ1) is 15.8. The Morgan fingerprint density at radius 1 is 1.00 bits per heavy atom. The molecule has 3 rings (SSSR count). The van der Waals surface area contributed by atoms with Gasteiger partial charge in [-0.2, -0.15) is 0 Å². The lowest BCUT2D eigenvalue weighted by atomic mass is 10.1. The van der Waals surface area contributed by atoms with Crippen LogP contribution < -0.4 is 10.7 Å². The van der Waals surface area contributed by atoms with Crippen molar-refractivity contribution in [3.8, 4) is 0 Å². The molecule has 1 N–H and O–H groups in total. The van der Waals surface area contributed by atoms with E-state index in [4.69, 9.17) is 4.74 Å². The third kappa shape index (κ3) is 5.88. The van der Waals surface area contributed by atoms with Crippen molar-refractivity contribution in [3.63, 3.8) is 0 Å². The Labute approximate surface area is 193 Å². The molecule has 176 valence electrons. The average molecular weight is 454 g/mol. The predicted molar refractivity (Wildman–Crippen MR) is 124 cm³/mol. The third-order valence-corrected chi connectivity index (χ3v) is 5.62. The average Bonchev–Trinajstić information content (AvgIpc) is 2.83. The Hall–Kier alpha value is -3.42. The maximum atomic E-state index is 13.3. The van der Waals surface area contributed by atoms with Crippen LogP contribution in [0.5, 0.6) is 0 Å². The molecule has 0 unspecified atom stereocenters. The monoisotopic (exact) mass is 453 g/mol. The number of methoxy groups -OCH3 is 1. The first-order valence-electron chi connectivity index (χ1n) is 11.3. The van der Waals surface area contributed by atoms with Crippen LogP contribution in [0.25, 0.3) is 0 Å². The highest BCUT2D eigenvalue weighted by Gasteiger charge is 2.28. The van der Waals surface area contributed by atoms with E-state index in [-0.39, 0.29) is 23.0 Å². The van der Waals surface area contributed by atoms with Crippen molar-refractivity contribution in [3.05, 3.63) is 69.6 Å². The van der Waals surface area contributed by atoms with Gasteiger partial charge in [0, 0.05) is 32.0 Å². The molecule has 8 heteroatoms. The van der Waals surface area contributed by atoms with Gasteiger partial charge in [-0.15, -0.1) is 0 Å². The van der Waals surface area contributed by atoms with Crippen LogP contribution in [0.1, 0.15) is 65.4 Å². The largest absolute Gasteiger partial charge is 0.467 e. The Kier molecular flexibility index (Phi) is 8.03. The van der Waals surface area contributed by atoms with Gasteiger partial charge in [0.05, 0.1) is 7.11 Å². The number of benzene rings is 1. The molecule has 2 aromatic rings. The molecular formula is C25H31N3O5. The maximum absolute atomic E-state index is 13.3. The highest BCUT2D eigenvalue weighted by molar-refractivity contribution is 6.00. The Morgan fingerprint density at radius 3 is 2.24 bits per heavy atom. The van der Waals surface area contributed by atoms with Gasteiger partial charge in [0.1, 0.15) is 11.1 Å². The molecule has 0 aliphatic carbocycles. The molecule has 0 spiro atoms. The van der Waals surface area contributed by atoms with Crippen LogP contribution in [0.2, 0.25) is 0 Å². The SMILES string of the molecule is COC(=O)[C@@H](NC(=O)c1cn(CC(C)C)cc(C(=O)N2CCCCC2)c1=O)c1ccccc1. The van der Waals surface area contributed by atoms with Crippen molar-refractivity contribution in [2.45, 2.75) is 45.7 Å². The fourth-order valence-corrected chi connectivity index (χ4v) is 3.99. The van der Waals surface area contributed by atoms with Crippen LogP contribution in [0, 0.1) is 5.92 Å². The number of aromatic nitrogens is 1. The van der Waals surface area contributed by atoms with Gasteiger partial charge in [0.15, 0.2) is 6.04 Å². The molecule has 1 aliphatic rings. The topological polar surface area (TPSA) is 97.7 Å². The van der Waals surface area contributed by atoms with Gasteiger partial charge in [0.25, 0.3) is 11.8 Å². The highest BCUT2D eigenvalue weighted by Crippen LogP contribution is 2.16. The molecule has 1 saturated heterocycles. The lowest BCUT2D eigenvalue weighted by Crippen LogP contribution is -2.41. The first-order valence-corrected chi connectivity index (χ1v) is 11.3. The molecule has 1 aromatic heterocycles. The van der Waals surface area contributed by atoms with Gasteiger partial charge >= 0.3 is 5.97 Å². The lowest BCUT2D eigenvalue weighted by molar-refractivity contribution is -0.143. The minimum atomic E-state index is -1.08. The van der Waals surface area contributed by atoms with Crippen molar-refractivity contribution >= 4 is 17.8 Å². The number of likely N-dealkylation sites (tertiary alicyclic amines) is 1. The number of nitrogens with zero attached hydrogens (tertiary/aromatic N) is 2. The summed E-state index contributed by atoms with van der Waals surface area (Å²) >= 11 is 0. The molecule has 0 radical (unpaired) electrons. The third-order valence-electron chi connectivity index (χ3n) is 5.62. The fraction of sp³-hybridized carbons (Fsp3) is 0.440. The second-order valence-electron chi connectivity index (χ2n) is 8.70. The van der Waals surface area contributed by atoms with Crippen LogP contribution in [0.4, 0.5) is 0 Å². The molecule has 2 heterocycles. The molecule has 0 saturated carbocycles. The van der Waals surface area contributed by atoms with Crippen molar-refractivity contribution in [1.29, 1.82) is 0 Å². The van der Waals surface area contributed by atoms with E-state index >= 15 is 0 Å². The van der Waals surface area contributed by atoms with Crippen LogP contribution in [-0.4, -0.2) is 47.4 Å². The van der Waals surface area contributed by atoms with Gasteiger partial charge in [-0.25, -0.2) is 4.79 Å². The summed E-state index contributed by atoms with van der Waals surface area (Å²) in [5.41, 5.74) is -0.316. The second kappa shape index (κ2) is 10.9. The van der Waals surface area contributed by atoms with Gasteiger partial charge < -0.3 is 19.5 Å². The van der Waals surface area contributed by atoms with Crippen molar-refractivity contribution in [1.82, 2.24) is 14.8 Å². The molecule has 1 aromatic carbocycles. The quantitative estimate of drug-likeness (QED) is 0.650. The minimum absolute atomic E-state index is 0.0282. The van der Waals surface area contributed by atoms with E-state index in [2.05, 4.69) is 5.32 Å². The van der Waals surface area contributed by atoms with E-state index in [1.165, 1.54) is 19.5 Å². The number of pyridine rings is 1. The molecule has 8 nitrogen and oxygen atoms in total. The molecule has 1 fully saturated rings. The smallest absolute Gasteiger partial charge is 0.333 e. The zero-order chi connectivity index (χ0) is 24.0. The summed E-state index contributed by atoms with van der Waals surface area (Å²) in [5.74, 6) is -1.52. The Balaban J connectivity index is 1.99. The maximum Gasteiger partial charge on any atom is 0.333 e. The number of esters is 1. The highest BCUT2D eigenvalue weighted by atomic mass is 16.5. The summed E-state index contributed by atoms with van der Waals surface area (Å²) in [6, 6.07) is 7.57. The van der Waals surface area contributed by atoms with Crippen molar-refractivity contribution in [2.24, 2.45) is 5.92 Å². The fourth-order valence-electron chi connectivity index (χ4n) is 3.99. The van der Waals surface area contributed by atoms with E-state index in [9.17, 15) is 19.2 Å². The van der Waals surface area contributed by atoms with E-state index in [1.54, 1.807) is 39.8 Å². The number of nitrogens with one attached hydrogen (secondary N) is 1. The Morgan fingerprint density at radius 2 is 1.64 bits per heavy atom. The summed E-state index contributed by atoms with van der Waals surface area (Å²) < 4.78 is 6.56. The van der Waals surface area contributed by atoms with E-state index in [0.29, 0.717) is 25.2 Å². The van der Waals surface area contributed by atoms with Gasteiger partial charge in [-0.3, -0.25) is 14.4 Å². The lowest BCUT2D eigenvalue weighted by Gasteiger charge is -2.27. The predicted octanol–water partition coefficient (Wildman–Crippen LogP) is 2.77. The van der Waals surface area contributed by atoms with Crippen LogP contribution in [0.15, 0.2) is 47.5 Å². The standard InChI is InChI=1S/C25H31N3O5/c1-17(2)14-27-15-19(22(29)20(16-27)24(31)28-12-8-5-9-13-28)23(30)26-21(25(32)33-3)18-10-6-4-7-11-18/h4,6-7,10-11,15-17,21H,5,8-9,12-14H2,1-3H3,(H,26,30)/t21-/m0/s1. The van der Waals surface area contributed by atoms with E-state index < -0.39 is 23.3 Å². The van der Waals surface area contributed by atoms with Crippen LogP contribution in [0.3, 0.4) is 0 Å². The summed E-state index contributed by atoms with van der Waals surface area (Å²) in [7, 11) is 1.23. The van der Waals surface area contributed by atoms with Gasteiger partial charge in [0.2, 0.25) is 5.43 Å². The zero-order valence-corrected chi connectivity index (χ0v) is 19.4. The Bertz CT molecular complexity index is 1060. The van der Waals surface area contributed by atoms with Gasteiger partial charge in [-0.05, 0) is 30.7 Å². The summed E-state index contributed by atoms with van der Waals surface area (Å²) in [4.78, 5) is 53.6. The molecular weight excluding hydrogens is 422 g/mol. The number of piperidine rings is 1. The van der Waals surface area contributed by atoms with Crippen LogP contribution >= 0.6 is 0 Å². The summed E-state index contributed by atoms with van der Waals surface area (Å²) in [6.07, 6.45) is 5.82. The molecule has 1 atom stereocenters. The van der Waals surface area contributed by atoms with E-state index in [0.717, 1.165) is 19.3 Å². The summed E-state index contributed by atoms with van der Waals surface area (Å²) in [6.45, 7) is 5.73. The second-order valence-corrected chi connectivity index (χ2v) is 8.70. The molecule has 33 heavy (non-hydrogen) atoms. The number of hydrogen-bond acceptors (Lipinski definition) is 5. The first kappa shape index (κ1) is 24.2. The van der Waals surface area contributed by atoms with Gasteiger partial charge in [-0.1, -0.05) is 44.2 Å². The summed E-state index contributed by atoms with van der Waals surface area (Å²) in [5, 5.41) is 2.62. The zero-order valence-electron chi connectivity index (χ0n) is 19.4. The number of hydrogen-bond donors (Lipinski definition) is 1. The molecule has 2 amide bonds. The minimum Gasteiger partial charge on any atom is -0.467 e. The van der Waals surface area contributed by atoms with Crippen LogP contribution in [-0.2, 0) is 16.1 Å². The van der Waals surface area contributed by atoms with E-state index in [1.807, 2.05) is 13.8 Å². The number of amides is 2. The number of carbonyl (C=O) groups is 3. The number of carbonyl (C=O) groups excluding carboxylic acids is 3. The number of rotatable bonds is 7. The molecule has 0 bridgehead atoms.